The van der Waals surface area contributed by atoms with Crippen molar-refractivity contribution in [2.24, 2.45) is 0 Å². The Morgan fingerprint density at radius 1 is 1.20 bits per heavy atom. The summed E-state index contributed by atoms with van der Waals surface area (Å²) in [5.41, 5.74) is 5.81. The average Bonchev–Trinajstić information content (AvgIpc) is 3.15. The van der Waals surface area contributed by atoms with Gasteiger partial charge in [0.1, 0.15) is 5.01 Å². The molecule has 25 heavy (non-hydrogen) atoms. The van der Waals surface area contributed by atoms with Gasteiger partial charge in [-0.25, -0.2) is 4.98 Å². The number of hydrogen-bond donors (Lipinski definition) is 0. The molecule has 0 aliphatic heterocycles. The van der Waals surface area contributed by atoms with Crippen LogP contribution in [0.2, 0.25) is 0 Å². The van der Waals surface area contributed by atoms with E-state index in [1.807, 2.05) is 11.4 Å². The van der Waals surface area contributed by atoms with Crippen molar-refractivity contribution in [3.63, 3.8) is 0 Å². The summed E-state index contributed by atoms with van der Waals surface area (Å²) in [6.07, 6.45) is 0.362. The van der Waals surface area contributed by atoms with Crippen LogP contribution in [0.15, 0.2) is 41.8 Å². The van der Waals surface area contributed by atoms with Crippen LogP contribution in [0.3, 0.4) is 0 Å². The summed E-state index contributed by atoms with van der Waals surface area (Å²) < 4.78 is 2.31. The van der Waals surface area contributed by atoms with Crippen LogP contribution in [0.4, 0.5) is 0 Å². The highest BCUT2D eigenvalue weighted by Crippen LogP contribution is 2.29. The molecule has 3 rings (SSSR count). The van der Waals surface area contributed by atoms with Gasteiger partial charge in [0.05, 0.1) is 12.1 Å². The van der Waals surface area contributed by atoms with Crippen molar-refractivity contribution in [3.8, 4) is 11.3 Å². The summed E-state index contributed by atoms with van der Waals surface area (Å²) in [4.78, 5) is 18.2. The Kier molecular flexibility index (Phi) is 5.04. The van der Waals surface area contributed by atoms with E-state index in [1.165, 1.54) is 17.0 Å². The first-order valence-electron chi connectivity index (χ1n) is 8.31. The number of hydrogen-bond acceptors (Lipinski definition) is 3. The van der Waals surface area contributed by atoms with Crippen molar-refractivity contribution in [2.45, 2.75) is 26.8 Å². The molecule has 2 heterocycles. The Morgan fingerprint density at radius 3 is 2.60 bits per heavy atom. The predicted molar refractivity (Wildman–Crippen MR) is 103 cm³/mol. The van der Waals surface area contributed by atoms with Crippen LogP contribution < -0.4 is 0 Å². The normalized spacial score (nSPS) is 10.9. The Bertz CT molecular complexity index is 878. The molecule has 0 atom stereocenters. The minimum absolute atomic E-state index is 0.0791. The van der Waals surface area contributed by atoms with Crippen LogP contribution in [0.25, 0.3) is 11.3 Å². The number of aromatic nitrogens is 2. The number of amides is 1. The molecule has 0 unspecified atom stereocenters. The summed E-state index contributed by atoms with van der Waals surface area (Å²) in [6.45, 7) is 5.12. The van der Waals surface area contributed by atoms with E-state index in [0.717, 1.165) is 22.8 Å². The summed E-state index contributed by atoms with van der Waals surface area (Å²) >= 11 is 1.55. The molecule has 0 radical (unpaired) electrons. The van der Waals surface area contributed by atoms with Gasteiger partial charge in [-0.2, -0.15) is 0 Å². The molecule has 0 aliphatic carbocycles. The van der Waals surface area contributed by atoms with Crippen molar-refractivity contribution in [2.75, 3.05) is 14.1 Å². The lowest BCUT2D eigenvalue weighted by Crippen LogP contribution is -2.23. The van der Waals surface area contributed by atoms with E-state index < -0.39 is 0 Å². The summed E-state index contributed by atoms with van der Waals surface area (Å²) in [5.74, 6) is 0.0791. The van der Waals surface area contributed by atoms with Crippen LogP contribution in [-0.4, -0.2) is 34.5 Å². The maximum atomic E-state index is 11.9. The first kappa shape index (κ1) is 17.4. The van der Waals surface area contributed by atoms with E-state index in [9.17, 15) is 4.79 Å². The van der Waals surface area contributed by atoms with E-state index in [2.05, 4.69) is 53.7 Å². The zero-order valence-corrected chi connectivity index (χ0v) is 15.9. The maximum Gasteiger partial charge on any atom is 0.228 e. The number of thiazole rings is 1. The van der Waals surface area contributed by atoms with E-state index in [1.54, 1.807) is 30.3 Å². The van der Waals surface area contributed by atoms with Crippen LogP contribution in [0.1, 0.15) is 22.0 Å². The Morgan fingerprint density at radius 2 is 1.92 bits per heavy atom. The van der Waals surface area contributed by atoms with E-state index >= 15 is 0 Å². The highest BCUT2D eigenvalue weighted by atomic mass is 32.1. The van der Waals surface area contributed by atoms with Gasteiger partial charge in [-0.05, 0) is 25.5 Å². The molecule has 5 heteroatoms. The summed E-state index contributed by atoms with van der Waals surface area (Å²) in [7, 11) is 3.54. The van der Waals surface area contributed by atoms with Crippen LogP contribution in [0, 0.1) is 13.8 Å². The molecule has 1 amide bonds. The highest BCUT2D eigenvalue weighted by molar-refractivity contribution is 7.10. The SMILES string of the molecule is Cc1cc(-c2csc(CC(=O)N(C)C)n2)c(C)n1Cc1ccccc1. The zero-order chi connectivity index (χ0) is 18.0. The van der Waals surface area contributed by atoms with E-state index in [0.29, 0.717) is 6.42 Å². The molecule has 0 N–H and O–H groups in total. The van der Waals surface area contributed by atoms with Gasteiger partial charge in [0.25, 0.3) is 0 Å². The van der Waals surface area contributed by atoms with Crippen LogP contribution in [0.5, 0.6) is 0 Å². The molecule has 0 spiro atoms. The van der Waals surface area contributed by atoms with Gasteiger partial charge in [-0.15, -0.1) is 11.3 Å². The largest absolute Gasteiger partial charge is 0.348 e. The molecule has 0 saturated carbocycles. The predicted octanol–water partition coefficient (Wildman–Crippen LogP) is 3.91. The summed E-state index contributed by atoms with van der Waals surface area (Å²) in [5, 5.41) is 2.91. The molecule has 4 nitrogen and oxygen atoms in total. The number of carbonyl (C=O) groups excluding carboxylic acids is 1. The standard InChI is InChI=1S/C20H23N3OS/c1-14-10-17(15(2)23(14)12-16-8-6-5-7-9-16)18-13-25-19(21-18)11-20(24)22(3)4/h5-10,13H,11-12H2,1-4H3. The van der Waals surface area contributed by atoms with Crippen molar-refractivity contribution in [1.29, 1.82) is 0 Å². The fraction of sp³-hybridized carbons (Fsp3) is 0.300. The lowest BCUT2D eigenvalue weighted by molar-refractivity contribution is -0.127. The van der Waals surface area contributed by atoms with Gasteiger partial charge < -0.3 is 9.47 Å². The van der Waals surface area contributed by atoms with Gasteiger partial charge in [-0.1, -0.05) is 30.3 Å². The van der Waals surface area contributed by atoms with Crippen molar-refractivity contribution in [3.05, 3.63) is 63.7 Å². The Labute approximate surface area is 152 Å². The Balaban J connectivity index is 1.85. The molecule has 0 bridgehead atoms. The molecule has 130 valence electrons. The molecule has 1 aromatic carbocycles. The lowest BCUT2D eigenvalue weighted by Gasteiger charge is -2.09. The number of likely N-dealkylation sites (N-methyl/N-ethyl adjacent to an activating group) is 1. The number of carbonyl (C=O) groups is 1. The topological polar surface area (TPSA) is 38.1 Å². The molecule has 0 saturated heterocycles. The number of aryl methyl sites for hydroxylation is 1. The number of rotatable bonds is 5. The smallest absolute Gasteiger partial charge is 0.228 e. The third-order valence-corrected chi connectivity index (χ3v) is 5.23. The van der Waals surface area contributed by atoms with Crippen molar-refractivity contribution < 1.29 is 4.79 Å². The first-order chi connectivity index (χ1) is 12.0. The van der Waals surface area contributed by atoms with Crippen molar-refractivity contribution >= 4 is 17.2 Å². The second-order valence-electron chi connectivity index (χ2n) is 6.45. The fourth-order valence-electron chi connectivity index (χ4n) is 2.87. The quantitative estimate of drug-likeness (QED) is 0.697. The third-order valence-electron chi connectivity index (χ3n) is 4.39. The lowest BCUT2D eigenvalue weighted by atomic mass is 10.2. The van der Waals surface area contributed by atoms with Gasteiger partial charge in [0, 0.05) is 43.0 Å². The van der Waals surface area contributed by atoms with Crippen molar-refractivity contribution in [1.82, 2.24) is 14.5 Å². The van der Waals surface area contributed by atoms with Gasteiger partial charge >= 0.3 is 0 Å². The first-order valence-corrected chi connectivity index (χ1v) is 9.19. The molecular formula is C20H23N3OS. The highest BCUT2D eigenvalue weighted by Gasteiger charge is 2.15. The third kappa shape index (κ3) is 3.82. The second kappa shape index (κ2) is 7.23. The molecule has 0 aliphatic rings. The van der Waals surface area contributed by atoms with Crippen LogP contribution >= 0.6 is 11.3 Å². The van der Waals surface area contributed by atoms with Gasteiger partial charge in [0.2, 0.25) is 5.91 Å². The number of nitrogens with zero attached hydrogens (tertiary/aromatic N) is 3. The molecule has 0 fully saturated rings. The minimum atomic E-state index is 0.0791. The minimum Gasteiger partial charge on any atom is -0.348 e. The maximum absolute atomic E-state index is 11.9. The molecule has 3 aromatic rings. The monoisotopic (exact) mass is 353 g/mol. The number of benzene rings is 1. The molecular weight excluding hydrogens is 330 g/mol. The van der Waals surface area contributed by atoms with Crippen LogP contribution in [-0.2, 0) is 17.8 Å². The van der Waals surface area contributed by atoms with Gasteiger partial charge in [0.15, 0.2) is 0 Å². The van der Waals surface area contributed by atoms with E-state index in [-0.39, 0.29) is 5.91 Å². The van der Waals surface area contributed by atoms with E-state index in [4.69, 9.17) is 0 Å². The zero-order valence-electron chi connectivity index (χ0n) is 15.1. The fourth-order valence-corrected chi connectivity index (χ4v) is 3.66. The average molecular weight is 353 g/mol. The Hall–Kier alpha value is -2.40. The second-order valence-corrected chi connectivity index (χ2v) is 7.39. The summed E-state index contributed by atoms with van der Waals surface area (Å²) in [6, 6.07) is 12.7. The molecule has 2 aromatic heterocycles. The van der Waals surface area contributed by atoms with Gasteiger partial charge in [-0.3, -0.25) is 4.79 Å².